The molecule has 1 rings (SSSR count). The maximum atomic E-state index is 11.7. The maximum absolute atomic E-state index is 11.7. The molecule has 0 spiro atoms. The van der Waals surface area contributed by atoms with Crippen molar-refractivity contribution in [1.29, 1.82) is 0 Å². The van der Waals surface area contributed by atoms with Crippen LogP contribution in [0.4, 0.5) is 4.79 Å². The van der Waals surface area contributed by atoms with E-state index in [0.29, 0.717) is 0 Å². The van der Waals surface area contributed by atoms with Crippen LogP contribution in [0.25, 0.3) is 0 Å². The third-order valence-electron chi connectivity index (χ3n) is 3.00. The summed E-state index contributed by atoms with van der Waals surface area (Å²) in [7, 11) is 0. The first-order chi connectivity index (χ1) is 10.4. The molecule has 0 saturated carbocycles. The molecule has 0 bridgehead atoms. The first kappa shape index (κ1) is 17.4. The molecule has 118 valence electrons. The van der Waals surface area contributed by atoms with Gasteiger partial charge in [0, 0.05) is 6.08 Å². The molecule has 0 amide bonds. The van der Waals surface area contributed by atoms with Crippen LogP contribution in [0.15, 0.2) is 60.1 Å². The van der Waals surface area contributed by atoms with E-state index in [0.717, 1.165) is 24.5 Å². The van der Waals surface area contributed by atoms with Crippen molar-refractivity contribution in [2.24, 2.45) is 0 Å². The van der Waals surface area contributed by atoms with Crippen LogP contribution in [0.3, 0.4) is 0 Å². The van der Waals surface area contributed by atoms with Crippen LogP contribution >= 0.6 is 0 Å². The third kappa shape index (κ3) is 5.78. The van der Waals surface area contributed by atoms with Gasteiger partial charge in [0.25, 0.3) is 5.70 Å². The molecule has 1 atom stereocenters. The Morgan fingerprint density at radius 2 is 2.23 bits per heavy atom. The van der Waals surface area contributed by atoms with E-state index in [1.807, 2.05) is 18.2 Å². The Kier molecular flexibility index (Phi) is 6.82. The summed E-state index contributed by atoms with van der Waals surface area (Å²) in [5.74, 6) is 0.151. The average Bonchev–Trinajstić information content (AvgIpc) is 2.51. The number of rotatable bonds is 6. The minimum absolute atomic E-state index is 0.151. The molecule has 22 heavy (non-hydrogen) atoms. The molecule has 0 aromatic heterocycles. The van der Waals surface area contributed by atoms with Crippen LogP contribution in [-0.2, 0) is 9.47 Å². The second-order valence-electron chi connectivity index (χ2n) is 4.59. The van der Waals surface area contributed by atoms with E-state index < -0.39 is 11.1 Å². The van der Waals surface area contributed by atoms with Crippen molar-refractivity contribution in [2.75, 3.05) is 0 Å². The molecule has 1 aliphatic carbocycles. The molecule has 6 nitrogen and oxygen atoms in total. The molecule has 0 aromatic rings. The average molecular weight is 305 g/mol. The lowest BCUT2D eigenvalue weighted by Crippen LogP contribution is -2.18. The minimum Gasteiger partial charge on any atom is -0.426 e. The van der Waals surface area contributed by atoms with Crippen molar-refractivity contribution >= 4 is 6.16 Å². The van der Waals surface area contributed by atoms with Crippen molar-refractivity contribution in [2.45, 2.75) is 32.8 Å². The number of nitrogens with zero attached hydrogens (tertiary/aromatic N) is 1. The lowest BCUT2D eigenvalue weighted by molar-refractivity contribution is -0.418. The van der Waals surface area contributed by atoms with E-state index in [1.54, 1.807) is 13.8 Å². The third-order valence-corrected chi connectivity index (χ3v) is 3.00. The fourth-order valence-electron chi connectivity index (χ4n) is 1.73. The summed E-state index contributed by atoms with van der Waals surface area (Å²) in [5.41, 5.74) is 0.711. The molecule has 1 aliphatic rings. The topological polar surface area (TPSA) is 78.7 Å². The molecule has 0 aliphatic heterocycles. The van der Waals surface area contributed by atoms with Crippen molar-refractivity contribution in [3.05, 3.63) is 70.2 Å². The lowest BCUT2D eigenvalue weighted by Gasteiger charge is -2.17. The highest BCUT2D eigenvalue weighted by Crippen LogP contribution is 2.18. The molecule has 0 aromatic carbocycles. The summed E-state index contributed by atoms with van der Waals surface area (Å²) >= 11 is 0. The van der Waals surface area contributed by atoms with Gasteiger partial charge < -0.3 is 9.47 Å². The first-order valence-corrected chi connectivity index (χ1v) is 6.85. The number of allylic oxidation sites excluding steroid dienone is 6. The van der Waals surface area contributed by atoms with Crippen LogP contribution in [0.1, 0.15) is 26.7 Å². The Morgan fingerprint density at radius 3 is 2.77 bits per heavy atom. The maximum Gasteiger partial charge on any atom is 0.514 e. The van der Waals surface area contributed by atoms with Gasteiger partial charge in [-0.25, -0.2) is 4.79 Å². The first-order valence-electron chi connectivity index (χ1n) is 6.85. The van der Waals surface area contributed by atoms with Crippen LogP contribution < -0.4 is 0 Å². The zero-order chi connectivity index (χ0) is 16.5. The van der Waals surface area contributed by atoms with Crippen LogP contribution in [0.2, 0.25) is 0 Å². The standard InChI is InChI=1S/C16H19NO5/c1-4-15(11-10-12(2)17(19)20)22-16(18)21-13(3)14-8-6-5-7-9-14/h4-6,8,10-11,13H,2,7,9H2,1,3H3/b11-10-,15-4+/t13-/m1/s1. The summed E-state index contributed by atoms with van der Waals surface area (Å²) in [5, 5.41) is 10.4. The zero-order valence-corrected chi connectivity index (χ0v) is 12.7. The number of carbonyl (C=O) groups is 1. The van der Waals surface area contributed by atoms with E-state index in [2.05, 4.69) is 6.58 Å². The van der Waals surface area contributed by atoms with Gasteiger partial charge in [0.1, 0.15) is 11.9 Å². The van der Waals surface area contributed by atoms with Gasteiger partial charge in [-0.15, -0.1) is 0 Å². The van der Waals surface area contributed by atoms with Gasteiger partial charge in [-0.1, -0.05) is 18.2 Å². The summed E-state index contributed by atoms with van der Waals surface area (Å²) in [4.78, 5) is 21.5. The normalized spacial score (nSPS) is 16.1. The quantitative estimate of drug-likeness (QED) is 0.243. The van der Waals surface area contributed by atoms with Gasteiger partial charge in [0.05, 0.1) is 4.92 Å². The Bertz CT molecular complexity index is 569. The smallest absolute Gasteiger partial charge is 0.426 e. The van der Waals surface area contributed by atoms with Gasteiger partial charge in [-0.05, 0) is 51.0 Å². The number of ether oxygens (including phenoxy) is 2. The van der Waals surface area contributed by atoms with Gasteiger partial charge in [0.2, 0.25) is 0 Å². The Labute approximate surface area is 129 Å². The SMILES string of the molecule is C=C(/C=C\C(=C/C)OC(=O)O[C@H](C)C1=CC=CCC1)[N+](=O)[O-]. The van der Waals surface area contributed by atoms with Crippen LogP contribution in [0.5, 0.6) is 0 Å². The fraction of sp³-hybridized carbons (Fsp3) is 0.312. The molecule has 0 heterocycles. The van der Waals surface area contributed by atoms with Crippen molar-refractivity contribution in [3.63, 3.8) is 0 Å². The number of nitro groups is 1. The molecular formula is C16H19NO5. The number of hydrogen-bond acceptors (Lipinski definition) is 5. The van der Waals surface area contributed by atoms with E-state index in [9.17, 15) is 14.9 Å². The summed E-state index contributed by atoms with van der Waals surface area (Å²) < 4.78 is 10.2. The number of hydrogen-bond donors (Lipinski definition) is 0. The lowest BCUT2D eigenvalue weighted by atomic mass is 10.0. The molecular weight excluding hydrogens is 286 g/mol. The molecule has 6 heteroatoms. The monoisotopic (exact) mass is 305 g/mol. The van der Waals surface area contributed by atoms with Crippen molar-refractivity contribution < 1.29 is 19.2 Å². The van der Waals surface area contributed by atoms with Crippen LogP contribution in [0, 0.1) is 10.1 Å². The minimum atomic E-state index is -0.854. The van der Waals surface area contributed by atoms with E-state index in [1.165, 1.54) is 12.2 Å². The highest BCUT2D eigenvalue weighted by molar-refractivity contribution is 5.62. The Morgan fingerprint density at radius 1 is 1.50 bits per heavy atom. The number of carbonyl (C=O) groups excluding carboxylic acids is 1. The highest BCUT2D eigenvalue weighted by Gasteiger charge is 2.16. The molecule has 0 fully saturated rings. The van der Waals surface area contributed by atoms with Gasteiger partial charge in [-0.3, -0.25) is 10.1 Å². The predicted octanol–water partition coefficient (Wildman–Crippen LogP) is 4.05. The molecule has 0 radical (unpaired) electrons. The zero-order valence-electron chi connectivity index (χ0n) is 12.7. The summed E-state index contributed by atoms with van der Waals surface area (Å²) in [6.07, 6.45) is 10.3. The van der Waals surface area contributed by atoms with Crippen molar-refractivity contribution in [1.82, 2.24) is 0 Å². The van der Waals surface area contributed by atoms with E-state index in [4.69, 9.17) is 9.47 Å². The van der Waals surface area contributed by atoms with Crippen molar-refractivity contribution in [3.8, 4) is 0 Å². The second-order valence-corrected chi connectivity index (χ2v) is 4.59. The fourth-order valence-corrected chi connectivity index (χ4v) is 1.73. The van der Waals surface area contributed by atoms with Gasteiger partial charge in [-0.2, -0.15) is 0 Å². The van der Waals surface area contributed by atoms with E-state index >= 15 is 0 Å². The van der Waals surface area contributed by atoms with Gasteiger partial charge in [0.15, 0.2) is 0 Å². The van der Waals surface area contributed by atoms with Gasteiger partial charge >= 0.3 is 6.16 Å². The van der Waals surface area contributed by atoms with Crippen LogP contribution in [-0.4, -0.2) is 17.2 Å². The predicted molar refractivity (Wildman–Crippen MR) is 82.5 cm³/mol. The summed E-state index contributed by atoms with van der Waals surface area (Å²) in [6.45, 7) is 6.66. The van der Waals surface area contributed by atoms with E-state index in [-0.39, 0.29) is 17.6 Å². The Balaban J connectivity index is 2.55. The summed E-state index contributed by atoms with van der Waals surface area (Å²) in [6, 6.07) is 0. The second kappa shape index (κ2) is 8.61. The largest absolute Gasteiger partial charge is 0.514 e. The molecule has 0 N–H and O–H groups in total. The highest BCUT2D eigenvalue weighted by atomic mass is 16.7. The molecule has 0 unspecified atom stereocenters. The molecule has 0 saturated heterocycles. The Hall–Kier alpha value is -2.63.